The van der Waals surface area contributed by atoms with Crippen LogP contribution in [0.25, 0.3) is 0 Å². The Bertz CT molecular complexity index is 473. The van der Waals surface area contributed by atoms with Gasteiger partial charge in [-0.2, -0.15) is 11.8 Å². The van der Waals surface area contributed by atoms with Gasteiger partial charge < -0.3 is 10.1 Å². The van der Waals surface area contributed by atoms with Crippen LogP contribution in [-0.2, 0) is 0 Å². The zero-order valence-corrected chi connectivity index (χ0v) is 13.6. The molecule has 1 aromatic carbocycles. The molecule has 1 unspecified atom stereocenters. The average molecular weight is 344 g/mol. The summed E-state index contributed by atoms with van der Waals surface area (Å²) in [7, 11) is 1.58. The molecule has 0 spiro atoms. The lowest BCUT2D eigenvalue weighted by Crippen LogP contribution is -2.36. The maximum Gasteiger partial charge on any atom is 0.255 e. The first-order valence-corrected chi connectivity index (χ1v) is 8.08. The Hall–Kier alpha value is -0.680. The molecule has 0 saturated carbocycles. The summed E-state index contributed by atoms with van der Waals surface area (Å²) < 4.78 is 6.33. The van der Waals surface area contributed by atoms with Gasteiger partial charge in [0.15, 0.2) is 0 Å². The van der Waals surface area contributed by atoms with E-state index in [1.807, 2.05) is 17.8 Å². The summed E-state index contributed by atoms with van der Waals surface area (Å²) in [6, 6.07) is 5.44. The van der Waals surface area contributed by atoms with E-state index in [1.165, 1.54) is 12.2 Å². The molecule has 19 heavy (non-hydrogen) atoms. The van der Waals surface area contributed by atoms with E-state index in [2.05, 4.69) is 28.2 Å². The maximum absolute atomic E-state index is 12.2. The van der Waals surface area contributed by atoms with Crippen LogP contribution >= 0.6 is 27.7 Å². The van der Waals surface area contributed by atoms with E-state index >= 15 is 0 Å². The molecule has 1 aliphatic heterocycles. The van der Waals surface area contributed by atoms with Gasteiger partial charge in [0.1, 0.15) is 5.75 Å². The number of ether oxygens (including phenoxy) is 1. The van der Waals surface area contributed by atoms with Gasteiger partial charge in [0.25, 0.3) is 5.91 Å². The van der Waals surface area contributed by atoms with Gasteiger partial charge in [-0.05, 0) is 43.7 Å². The molecule has 1 atom stereocenters. The van der Waals surface area contributed by atoms with E-state index in [9.17, 15) is 4.79 Å². The molecular formula is C14H18BrNO2S. The number of halogens is 1. The minimum absolute atomic E-state index is 0.0712. The molecule has 0 bridgehead atoms. The van der Waals surface area contributed by atoms with Crippen molar-refractivity contribution in [3.05, 3.63) is 28.2 Å². The van der Waals surface area contributed by atoms with Crippen molar-refractivity contribution in [2.45, 2.75) is 24.5 Å². The van der Waals surface area contributed by atoms with Crippen molar-refractivity contribution in [3.8, 4) is 5.75 Å². The fourth-order valence-corrected chi connectivity index (χ4v) is 3.78. The minimum Gasteiger partial charge on any atom is -0.496 e. The third-order valence-corrected chi connectivity index (χ3v) is 5.36. The van der Waals surface area contributed by atoms with Crippen molar-refractivity contribution in [3.63, 3.8) is 0 Å². The van der Waals surface area contributed by atoms with Gasteiger partial charge in [-0.25, -0.2) is 0 Å². The van der Waals surface area contributed by atoms with Crippen molar-refractivity contribution in [2.75, 3.05) is 19.4 Å². The number of nitrogens with one attached hydrogen (secondary N) is 1. The largest absolute Gasteiger partial charge is 0.496 e. The van der Waals surface area contributed by atoms with E-state index in [1.54, 1.807) is 19.2 Å². The first-order valence-electron chi connectivity index (χ1n) is 6.30. The number of hydrogen-bond donors (Lipinski definition) is 1. The fourth-order valence-electron chi connectivity index (χ4n) is 2.19. The van der Waals surface area contributed by atoms with E-state index in [0.29, 0.717) is 17.9 Å². The summed E-state index contributed by atoms with van der Waals surface area (Å²) in [5, 5.41) is 3.02. The summed E-state index contributed by atoms with van der Waals surface area (Å²) in [6.07, 6.45) is 2.40. The van der Waals surface area contributed by atoms with Crippen LogP contribution in [0.4, 0.5) is 0 Å². The maximum atomic E-state index is 12.2. The second-order valence-corrected chi connectivity index (χ2v) is 7.53. The quantitative estimate of drug-likeness (QED) is 0.909. The van der Waals surface area contributed by atoms with Crippen LogP contribution in [0.1, 0.15) is 30.1 Å². The predicted molar refractivity (Wildman–Crippen MR) is 83.1 cm³/mol. The molecule has 5 heteroatoms. The summed E-state index contributed by atoms with van der Waals surface area (Å²) in [5.41, 5.74) is 0.581. The van der Waals surface area contributed by atoms with E-state index in [-0.39, 0.29) is 10.7 Å². The lowest BCUT2D eigenvalue weighted by molar-refractivity contribution is 0.0947. The number of carbonyl (C=O) groups excluding carboxylic acids is 1. The second-order valence-electron chi connectivity index (χ2n) is 4.93. The van der Waals surface area contributed by atoms with Crippen LogP contribution in [0.5, 0.6) is 5.75 Å². The molecule has 1 amide bonds. The van der Waals surface area contributed by atoms with Crippen LogP contribution in [0.15, 0.2) is 22.7 Å². The normalized spacial score (nSPS) is 22.3. The van der Waals surface area contributed by atoms with Crippen molar-refractivity contribution >= 4 is 33.6 Å². The molecule has 1 saturated heterocycles. The Morgan fingerprint density at radius 2 is 2.37 bits per heavy atom. The third-order valence-electron chi connectivity index (χ3n) is 3.33. The summed E-state index contributed by atoms with van der Waals surface area (Å²) in [6.45, 7) is 2.92. The number of hydrogen-bond acceptors (Lipinski definition) is 3. The minimum atomic E-state index is -0.0712. The number of carbonyl (C=O) groups is 1. The van der Waals surface area contributed by atoms with E-state index < -0.39 is 0 Å². The van der Waals surface area contributed by atoms with Crippen LogP contribution in [0.3, 0.4) is 0 Å². The molecule has 104 valence electrons. The first kappa shape index (κ1) is 14.7. The van der Waals surface area contributed by atoms with Gasteiger partial charge in [0, 0.05) is 15.8 Å². The van der Waals surface area contributed by atoms with Crippen LogP contribution in [0.2, 0.25) is 0 Å². The number of benzene rings is 1. The molecular weight excluding hydrogens is 326 g/mol. The topological polar surface area (TPSA) is 38.3 Å². The lowest BCUT2D eigenvalue weighted by atomic mass is 10.1. The van der Waals surface area contributed by atoms with Crippen LogP contribution < -0.4 is 10.1 Å². The van der Waals surface area contributed by atoms with Gasteiger partial charge >= 0.3 is 0 Å². The smallest absolute Gasteiger partial charge is 0.255 e. The van der Waals surface area contributed by atoms with Crippen molar-refractivity contribution in [2.24, 2.45) is 0 Å². The SMILES string of the molecule is COc1cc(Br)ccc1C(=O)NCC1(C)CCCS1. The second kappa shape index (κ2) is 6.18. The Morgan fingerprint density at radius 1 is 1.58 bits per heavy atom. The average Bonchev–Trinajstić information content (AvgIpc) is 2.83. The van der Waals surface area contributed by atoms with Gasteiger partial charge in [-0.1, -0.05) is 15.9 Å². The fraction of sp³-hybridized carbons (Fsp3) is 0.500. The number of methoxy groups -OCH3 is 1. The summed E-state index contributed by atoms with van der Waals surface area (Å²) in [4.78, 5) is 12.2. The zero-order valence-electron chi connectivity index (χ0n) is 11.2. The lowest BCUT2D eigenvalue weighted by Gasteiger charge is -2.23. The van der Waals surface area contributed by atoms with Crippen LogP contribution in [0, 0.1) is 0 Å². The number of thioether (sulfide) groups is 1. The Morgan fingerprint density at radius 3 is 3.00 bits per heavy atom. The summed E-state index contributed by atoms with van der Waals surface area (Å²) in [5.74, 6) is 1.71. The Labute approximate surface area is 126 Å². The molecule has 0 radical (unpaired) electrons. The van der Waals surface area contributed by atoms with E-state index in [0.717, 1.165) is 10.9 Å². The predicted octanol–water partition coefficient (Wildman–Crippen LogP) is 3.47. The molecule has 1 heterocycles. The molecule has 3 nitrogen and oxygen atoms in total. The molecule has 1 aliphatic rings. The number of rotatable bonds is 4. The van der Waals surface area contributed by atoms with Gasteiger partial charge in [0.2, 0.25) is 0 Å². The third kappa shape index (κ3) is 3.66. The highest BCUT2D eigenvalue weighted by Gasteiger charge is 2.30. The van der Waals surface area contributed by atoms with Crippen molar-refractivity contribution in [1.29, 1.82) is 0 Å². The monoisotopic (exact) mass is 343 g/mol. The number of amides is 1. The van der Waals surface area contributed by atoms with Gasteiger partial charge in [-0.3, -0.25) is 4.79 Å². The molecule has 0 aromatic heterocycles. The Balaban J connectivity index is 2.03. The van der Waals surface area contributed by atoms with Gasteiger partial charge in [0.05, 0.1) is 12.7 Å². The molecule has 2 rings (SSSR count). The highest BCUT2D eigenvalue weighted by Crippen LogP contribution is 2.37. The van der Waals surface area contributed by atoms with Crippen molar-refractivity contribution < 1.29 is 9.53 Å². The van der Waals surface area contributed by atoms with Gasteiger partial charge in [-0.15, -0.1) is 0 Å². The molecule has 1 N–H and O–H groups in total. The standard InChI is InChI=1S/C14H18BrNO2S/c1-14(6-3-7-19-14)9-16-13(17)11-5-4-10(15)8-12(11)18-2/h4-5,8H,3,6-7,9H2,1-2H3,(H,16,17). The summed E-state index contributed by atoms with van der Waals surface area (Å²) >= 11 is 5.31. The highest BCUT2D eigenvalue weighted by atomic mass is 79.9. The van der Waals surface area contributed by atoms with E-state index in [4.69, 9.17) is 4.74 Å². The molecule has 0 aliphatic carbocycles. The molecule has 1 fully saturated rings. The van der Waals surface area contributed by atoms with Crippen molar-refractivity contribution in [1.82, 2.24) is 5.32 Å². The highest BCUT2D eigenvalue weighted by molar-refractivity contribution is 9.10. The first-order chi connectivity index (χ1) is 9.04. The molecule has 1 aromatic rings. The zero-order chi connectivity index (χ0) is 13.9. The van der Waals surface area contributed by atoms with Crippen LogP contribution in [-0.4, -0.2) is 30.1 Å². The Kier molecular flexibility index (Phi) is 4.79.